The number of nitro benzene ring substituents is 1. The molecule has 18 heavy (non-hydrogen) atoms. The van der Waals surface area contributed by atoms with Gasteiger partial charge in [-0.2, -0.15) is 9.49 Å². The summed E-state index contributed by atoms with van der Waals surface area (Å²) < 4.78 is 20.1. The zero-order chi connectivity index (χ0) is 13.3. The lowest BCUT2D eigenvalue weighted by Gasteiger charge is -2.02. The number of benzene rings is 1. The second kappa shape index (κ2) is 4.69. The first kappa shape index (κ1) is 12.4. The third-order valence-electron chi connectivity index (χ3n) is 2.71. The normalized spacial score (nSPS) is 11.1. The van der Waals surface area contributed by atoms with Crippen molar-refractivity contribution in [1.29, 1.82) is 0 Å². The number of hydrogen-bond donors (Lipinski definition) is 0. The van der Waals surface area contributed by atoms with Gasteiger partial charge in [0.15, 0.2) is 0 Å². The lowest BCUT2D eigenvalue weighted by molar-refractivity contribution is -0.387. The van der Waals surface area contributed by atoms with Crippen LogP contribution >= 0.6 is 0 Å². The lowest BCUT2D eigenvalue weighted by atomic mass is 10.2. The first-order valence-corrected chi connectivity index (χ1v) is 5.34. The number of nitrogens with zero attached hydrogens (tertiary/aromatic N) is 3. The van der Waals surface area contributed by atoms with E-state index in [-0.39, 0.29) is 0 Å². The highest BCUT2D eigenvalue weighted by Crippen LogP contribution is 2.26. The highest BCUT2D eigenvalue weighted by Gasteiger charge is 2.18. The predicted octanol–water partition coefficient (Wildman–Crippen LogP) is 2.04. The van der Waals surface area contributed by atoms with Crippen LogP contribution in [0, 0.1) is 22.9 Å². The maximum absolute atomic E-state index is 13.6. The third-order valence-corrected chi connectivity index (χ3v) is 2.71. The van der Waals surface area contributed by atoms with Gasteiger partial charge < -0.3 is 4.74 Å². The molecule has 0 fully saturated rings. The zero-order valence-electron chi connectivity index (χ0n) is 10.0. The molecular weight excluding hydrogens is 241 g/mol. The van der Waals surface area contributed by atoms with Crippen molar-refractivity contribution < 1.29 is 14.1 Å². The van der Waals surface area contributed by atoms with Gasteiger partial charge in [-0.05, 0) is 6.92 Å². The summed E-state index contributed by atoms with van der Waals surface area (Å²) in [4.78, 5) is 9.94. The number of rotatable bonds is 4. The number of halogens is 1. The van der Waals surface area contributed by atoms with Gasteiger partial charge in [0, 0.05) is 24.6 Å². The average molecular weight is 253 g/mol. The molecule has 1 aromatic carbocycles. The molecule has 0 spiro atoms. The third kappa shape index (κ3) is 2.04. The summed E-state index contributed by atoms with van der Waals surface area (Å²) in [6, 6.07) is 2.36. The Morgan fingerprint density at radius 2 is 2.28 bits per heavy atom. The van der Waals surface area contributed by atoms with Crippen LogP contribution in [0.1, 0.15) is 5.69 Å². The fourth-order valence-electron chi connectivity index (χ4n) is 1.83. The number of aryl methyl sites for hydroxylation is 1. The smallest absolute Gasteiger partial charge is 0.305 e. The lowest BCUT2D eigenvalue weighted by Crippen LogP contribution is -2.06. The minimum Gasteiger partial charge on any atom is -0.383 e. The monoisotopic (exact) mass is 253 g/mol. The molecule has 2 rings (SSSR count). The van der Waals surface area contributed by atoms with Crippen LogP contribution in [0.5, 0.6) is 0 Å². The fraction of sp³-hybridized carbons (Fsp3) is 0.364. The SMILES string of the molecule is COCCn1nc(C)c2cc([N+](=O)[O-])c(F)cc21. The van der Waals surface area contributed by atoms with E-state index >= 15 is 0 Å². The Bertz CT molecular complexity index is 609. The van der Waals surface area contributed by atoms with E-state index in [0.717, 1.165) is 6.07 Å². The number of aromatic nitrogens is 2. The molecule has 0 aliphatic heterocycles. The minimum absolute atomic E-state index is 0.439. The first-order chi connectivity index (χ1) is 8.54. The summed E-state index contributed by atoms with van der Waals surface area (Å²) in [6.07, 6.45) is 0. The van der Waals surface area contributed by atoms with E-state index in [0.29, 0.717) is 29.7 Å². The molecule has 0 radical (unpaired) electrons. The summed E-state index contributed by atoms with van der Waals surface area (Å²) in [5.74, 6) is -0.855. The standard InChI is InChI=1S/C11H12FN3O3/c1-7-8-5-11(15(16)17)9(12)6-10(8)14(13-7)3-4-18-2/h5-6H,3-4H2,1-2H3. The van der Waals surface area contributed by atoms with Crippen molar-refractivity contribution >= 4 is 16.6 Å². The Hall–Kier alpha value is -2.02. The average Bonchev–Trinajstić information content (AvgIpc) is 2.62. The van der Waals surface area contributed by atoms with Gasteiger partial charge >= 0.3 is 5.69 Å². The van der Waals surface area contributed by atoms with Gasteiger partial charge in [0.2, 0.25) is 5.82 Å². The van der Waals surface area contributed by atoms with Crippen molar-refractivity contribution in [3.63, 3.8) is 0 Å². The highest BCUT2D eigenvalue weighted by molar-refractivity contribution is 5.84. The van der Waals surface area contributed by atoms with E-state index in [2.05, 4.69) is 5.10 Å². The molecule has 7 heteroatoms. The topological polar surface area (TPSA) is 70.2 Å². The zero-order valence-corrected chi connectivity index (χ0v) is 10.0. The summed E-state index contributed by atoms with van der Waals surface area (Å²) in [7, 11) is 1.56. The van der Waals surface area contributed by atoms with Crippen LogP contribution in [0.15, 0.2) is 12.1 Å². The molecule has 0 atom stereocenters. The van der Waals surface area contributed by atoms with E-state index in [1.807, 2.05) is 0 Å². The molecule has 96 valence electrons. The van der Waals surface area contributed by atoms with Crippen molar-refractivity contribution in [1.82, 2.24) is 9.78 Å². The van der Waals surface area contributed by atoms with Gasteiger partial charge in [-0.15, -0.1) is 0 Å². The highest BCUT2D eigenvalue weighted by atomic mass is 19.1. The fourth-order valence-corrected chi connectivity index (χ4v) is 1.83. The van der Waals surface area contributed by atoms with Crippen LogP contribution < -0.4 is 0 Å². The second-order valence-corrected chi connectivity index (χ2v) is 3.88. The van der Waals surface area contributed by atoms with Gasteiger partial charge in [-0.3, -0.25) is 14.8 Å². The summed E-state index contributed by atoms with van der Waals surface area (Å²) in [5, 5.41) is 15.5. The second-order valence-electron chi connectivity index (χ2n) is 3.88. The maximum Gasteiger partial charge on any atom is 0.305 e. The number of nitro groups is 1. The number of fused-ring (bicyclic) bond motifs is 1. The van der Waals surface area contributed by atoms with Crippen molar-refractivity contribution in [3.05, 3.63) is 33.8 Å². The first-order valence-electron chi connectivity index (χ1n) is 5.34. The van der Waals surface area contributed by atoms with Crippen LogP contribution in [0.2, 0.25) is 0 Å². The predicted molar refractivity (Wildman–Crippen MR) is 63.0 cm³/mol. The van der Waals surface area contributed by atoms with Crippen LogP contribution in [-0.4, -0.2) is 28.4 Å². The Labute approximate surface area is 102 Å². The van der Waals surface area contributed by atoms with E-state index < -0.39 is 16.4 Å². The Morgan fingerprint density at radius 1 is 1.56 bits per heavy atom. The summed E-state index contributed by atoms with van der Waals surface area (Å²) in [6.45, 7) is 2.64. The maximum atomic E-state index is 13.6. The van der Waals surface area contributed by atoms with Gasteiger partial charge in [-0.25, -0.2) is 0 Å². The van der Waals surface area contributed by atoms with Crippen LogP contribution in [-0.2, 0) is 11.3 Å². The van der Waals surface area contributed by atoms with Crippen LogP contribution in [0.3, 0.4) is 0 Å². The molecule has 0 bridgehead atoms. The van der Waals surface area contributed by atoms with Crippen molar-refractivity contribution in [2.45, 2.75) is 13.5 Å². The molecule has 0 saturated heterocycles. The van der Waals surface area contributed by atoms with E-state index in [1.54, 1.807) is 18.7 Å². The Kier molecular flexibility index (Phi) is 3.24. The molecule has 0 saturated carbocycles. The molecule has 6 nitrogen and oxygen atoms in total. The summed E-state index contributed by atoms with van der Waals surface area (Å²) >= 11 is 0. The molecule has 1 aromatic heterocycles. The van der Waals surface area contributed by atoms with Gasteiger partial charge in [0.05, 0.1) is 29.3 Å². The molecule has 2 aromatic rings. The minimum atomic E-state index is -0.855. The molecule has 0 unspecified atom stereocenters. The number of methoxy groups -OCH3 is 1. The molecule has 0 aliphatic rings. The van der Waals surface area contributed by atoms with E-state index in [9.17, 15) is 14.5 Å². The number of hydrogen-bond acceptors (Lipinski definition) is 4. The van der Waals surface area contributed by atoms with Gasteiger partial charge in [0.1, 0.15) is 0 Å². The van der Waals surface area contributed by atoms with Gasteiger partial charge in [0.25, 0.3) is 0 Å². The van der Waals surface area contributed by atoms with E-state index in [1.165, 1.54) is 6.07 Å². The quantitative estimate of drug-likeness (QED) is 0.617. The molecule has 0 N–H and O–H groups in total. The summed E-state index contributed by atoms with van der Waals surface area (Å²) in [5.41, 5.74) is 0.633. The molecule has 1 heterocycles. The number of ether oxygens (including phenoxy) is 1. The van der Waals surface area contributed by atoms with E-state index in [4.69, 9.17) is 4.74 Å². The molecule has 0 amide bonds. The van der Waals surface area contributed by atoms with Crippen molar-refractivity contribution in [2.24, 2.45) is 0 Å². The van der Waals surface area contributed by atoms with Crippen molar-refractivity contribution in [2.75, 3.05) is 13.7 Å². The van der Waals surface area contributed by atoms with Crippen molar-refractivity contribution in [3.8, 4) is 0 Å². The van der Waals surface area contributed by atoms with Gasteiger partial charge in [-0.1, -0.05) is 0 Å². The Balaban J connectivity index is 2.59. The molecular formula is C11H12FN3O3. The van der Waals surface area contributed by atoms with Crippen LogP contribution in [0.25, 0.3) is 10.9 Å². The van der Waals surface area contributed by atoms with Crippen LogP contribution in [0.4, 0.5) is 10.1 Å². The largest absolute Gasteiger partial charge is 0.383 e. The Morgan fingerprint density at radius 3 is 2.89 bits per heavy atom. The molecule has 0 aliphatic carbocycles.